The summed E-state index contributed by atoms with van der Waals surface area (Å²) in [6.45, 7) is 2.46. The number of aliphatic hydroxyl groups is 2. The monoisotopic (exact) mass is 290 g/mol. The lowest BCUT2D eigenvalue weighted by Gasteiger charge is -2.32. The van der Waals surface area contributed by atoms with E-state index in [1.54, 1.807) is 0 Å². The Morgan fingerprint density at radius 2 is 2.00 bits per heavy atom. The summed E-state index contributed by atoms with van der Waals surface area (Å²) in [5, 5.41) is 29.2. The van der Waals surface area contributed by atoms with Crippen LogP contribution < -0.4 is 5.32 Å². The Morgan fingerprint density at radius 3 is 2.45 bits per heavy atom. The van der Waals surface area contributed by atoms with Gasteiger partial charge in [-0.2, -0.15) is 0 Å². The molecule has 0 aromatic rings. The lowest BCUT2D eigenvalue weighted by molar-refractivity contribution is -0.141. The topological polar surface area (TPSA) is 119 Å². The first-order valence-corrected chi connectivity index (χ1v) is 6.64. The highest BCUT2D eigenvalue weighted by Crippen LogP contribution is 2.13. The Labute approximate surface area is 117 Å². The molecule has 0 aliphatic carbocycles. The number of aliphatic hydroxyl groups excluding tert-OH is 2. The van der Waals surface area contributed by atoms with Gasteiger partial charge in [-0.05, 0) is 19.8 Å². The highest BCUT2D eigenvalue weighted by atomic mass is 16.5. The first kappa shape index (κ1) is 16.7. The third-order valence-corrected chi connectivity index (χ3v) is 3.20. The van der Waals surface area contributed by atoms with Crippen molar-refractivity contribution in [1.82, 2.24) is 10.2 Å². The van der Waals surface area contributed by atoms with Crippen molar-refractivity contribution >= 4 is 12.0 Å². The molecule has 1 aliphatic rings. The summed E-state index contributed by atoms with van der Waals surface area (Å²) >= 11 is 0. The summed E-state index contributed by atoms with van der Waals surface area (Å²) in [6.07, 6.45) is 0.125. The first-order chi connectivity index (χ1) is 9.45. The Kier molecular flexibility index (Phi) is 6.69. The number of urea groups is 1. The van der Waals surface area contributed by atoms with Gasteiger partial charge < -0.3 is 30.3 Å². The van der Waals surface area contributed by atoms with Gasteiger partial charge in [0.1, 0.15) is 0 Å². The summed E-state index contributed by atoms with van der Waals surface area (Å²) < 4.78 is 5.38. The SMILES string of the molecule is C[C@@H](O)[C@H](NC(=O)N1CCC(OCCO)CC1)C(=O)O. The summed E-state index contributed by atoms with van der Waals surface area (Å²) in [6, 6.07) is -1.82. The van der Waals surface area contributed by atoms with E-state index in [0.29, 0.717) is 25.9 Å². The second-order valence-corrected chi connectivity index (χ2v) is 4.79. The molecule has 1 saturated heterocycles. The number of amides is 2. The molecule has 0 aromatic heterocycles. The Morgan fingerprint density at radius 1 is 1.40 bits per heavy atom. The maximum Gasteiger partial charge on any atom is 0.328 e. The molecule has 2 amide bonds. The lowest BCUT2D eigenvalue weighted by atomic mass is 10.1. The van der Waals surface area contributed by atoms with E-state index in [2.05, 4.69) is 5.32 Å². The molecule has 0 radical (unpaired) electrons. The smallest absolute Gasteiger partial charge is 0.328 e. The molecule has 0 aromatic carbocycles. The van der Waals surface area contributed by atoms with Crippen LogP contribution in [0.2, 0.25) is 0 Å². The molecule has 1 fully saturated rings. The molecule has 8 heteroatoms. The van der Waals surface area contributed by atoms with E-state index in [-0.39, 0.29) is 19.3 Å². The van der Waals surface area contributed by atoms with Crippen LogP contribution in [0.1, 0.15) is 19.8 Å². The number of carbonyl (C=O) groups is 2. The predicted molar refractivity (Wildman–Crippen MR) is 69.3 cm³/mol. The number of carboxylic acids is 1. The van der Waals surface area contributed by atoms with E-state index in [9.17, 15) is 14.7 Å². The van der Waals surface area contributed by atoms with E-state index < -0.39 is 24.1 Å². The molecule has 2 atom stereocenters. The molecule has 116 valence electrons. The van der Waals surface area contributed by atoms with Crippen LogP contribution in [0.4, 0.5) is 4.79 Å². The van der Waals surface area contributed by atoms with Gasteiger partial charge in [-0.25, -0.2) is 9.59 Å². The van der Waals surface area contributed by atoms with Crippen molar-refractivity contribution in [3.63, 3.8) is 0 Å². The number of nitrogens with one attached hydrogen (secondary N) is 1. The largest absolute Gasteiger partial charge is 0.480 e. The van der Waals surface area contributed by atoms with Crippen molar-refractivity contribution in [2.75, 3.05) is 26.3 Å². The number of hydrogen-bond donors (Lipinski definition) is 4. The van der Waals surface area contributed by atoms with E-state index in [1.807, 2.05) is 0 Å². The Balaban J connectivity index is 2.40. The molecular formula is C12H22N2O6. The van der Waals surface area contributed by atoms with E-state index in [0.717, 1.165) is 0 Å². The van der Waals surface area contributed by atoms with Crippen LogP contribution in [0.5, 0.6) is 0 Å². The van der Waals surface area contributed by atoms with Gasteiger partial charge in [0, 0.05) is 13.1 Å². The third-order valence-electron chi connectivity index (χ3n) is 3.20. The summed E-state index contributed by atoms with van der Waals surface area (Å²) in [5.74, 6) is -1.27. The fourth-order valence-electron chi connectivity index (χ4n) is 2.06. The Hall–Kier alpha value is -1.38. The van der Waals surface area contributed by atoms with Crippen LogP contribution in [0.25, 0.3) is 0 Å². The van der Waals surface area contributed by atoms with Crippen molar-refractivity contribution in [3.05, 3.63) is 0 Å². The molecule has 0 saturated carbocycles. The number of hydrogen-bond acceptors (Lipinski definition) is 5. The first-order valence-electron chi connectivity index (χ1n) is 6.64. The van der Waals surface area contributed by atoms with Gasteiger partial charge >= 0.3 is 12.0 Å². The minimum atomic E-state index is -1.31. The van der Waals surface area contributed by atoms with E-state index in [1.165, 1.54) is 11.8 Å². The lowest BCUT2D eigenvalue weighted by Crippen LogP contribution is -2.54. The van der Waals surface area contributed by atoms with Gasteiger partial charge in [0.25, 0.3) is 0 Å². The normalized spacial score (nSPS) is 19.4. The van der Waals surface area contributed by atoms with Gasteiger partial charge in [-0.3, -0.25) is 0 Å². The highest BCUT2D eigenvalue weighted by Gasteiger charge is 2.29. The zero-order valence-corrected chi connectivity index (χ0v) is 11.5. The molecule has 1 rings (SSSR count). The molecule has 4 N–H and O–H groups in total. The van der Waals surface area contributed by atoms with Crippen molar-refractivity contribution in [3.8, 4) is 0 Å². The molecule has 1 aliphatic heterocycles. The molecule has 1 heterocycles. The average Bonchev–Trinajstić information content (AvgIpc) is 2.42. The van der Waals surface area contributed by atoms with Crippen LogP contribution >= 0.6 is 0 Å². The maximum atomic E-state index is 11.9. The van der Waals surface area contributed by atoms with E-state index >= 15 is 0 Å². The number of carboxylic acid groups (broad SMARTS) is 1. The number of nitrogens with zero attached hydrogens (tertiary/aromatic N) is 1. The molecule has 0 spiro atoms. The summed E-state index contributed by atoms with van der Waals surface area (Å²) in [5.41, 5.74) is 0. The number of likely N-dealkylation sites (tertiary alicyclic amines) is 1. The van der Waals surface area contributed by atoms with Crippen molar-refractivity contribution < 1.29 is 29.6 Å². The molecule has 0 unspecified atom stereocenters. The zero-order chi connectivity index (χ0) is 15.1. The second kappa shape index (κ2) is 8.03. The van der Waals surface area contributed by atoms with Gasteiger partial charge in [0.2, 0.25) is 0 Å². The van der Waals surface area contributed by atoms with Crippen LogP contribution in [0.3, 0.4) is 0 Å². The Bertz CT molecular complexity index is 328. The van der Waals surface area contributed by atoms with Gasteiger partial charge in [-0.15, -0.1) is 0 Å². The standard InChI is InChI=1S/C12H22N2O6/c1-8(16)10(11(17)18)13-12(19)14-4-2-9(3-5-14)20-7-6-15/h8-10,15-16H,2-7H2,1H3,(H,13,19)(H,17,18)/t8-,10+/m1/s1. The number of rotatable bonds is 6. The van der Waals surface area contributed by atoms with Crippen LogP contribution in [0.15, 0.2) is 0 Å². The summed E-state index contributed by atoms with van der Waals surface area (Å²) in [4.78, 5) is 24.3. The molecular weight excluding hydrogens is 268 g/mol. The van der Waals surface area contributed by atoms with Crippen molar-refractivity contribution in [2.24, 2.45) is 0 Å². The predicted octanol–water partition coefficient (Wildman–Crippen LogP) is -0.997. The average molecular weight is 290 g/mol. The zero-order valence-electron chi connectivity index (χ0n) is 11.5. The fourth-order valence-corrected chi connectivity index (χ4v) is 2.06. The number of aliphatic carboxylic acids is 1. The van der Waals surface area contributed by atoms with Gasteiger partial charge in [-0.1, -0.05) is 0 Å². The minimum Gasteiger partial charge on any atom is -0.480 e. The second-order valence-electron chi connectivity index (χ2n) is 4.79. The number of carbonyl (C=O) groups excluding carboxylic acids is 1. The van der Waals surface area contributed by atoms with Crippen LogP contribution in [-0.4, -0.2) is 76.8 Å². The van der Waals surface area contributed by atoms with Gasteiger partial charge in [0.05, 0.1) is 25.4 Å². The van der Waals surface area contributed by atoms with Crippen LogP contribution in [0, 0.1) is 0 Å². The van der Waals surface area contributed by atoms with Gasteiger partial charge in [0.15, 0.2) is 6.04 Å². The molecule has 20 heavy (non-hydrogen) atoms. The third kappa shape index (κ3) is 4.95. The minimum absolute atomic E-state index is 0.0123. The number of piperidine rings is 1. The maximum absolute atomic E-state index is 11.9. The highest BCUT2D eigenvalue weighted by molar-refractivity contribution is 5.83. The fraction of sp³-hybridized carbons (Fsp3) is 0.833. The van der Waals surface area contributed by atoms with Crippen molar-refractivity contribution in [2.45, 2.75) is 38.0 Å². The quantitative estimate of drug-likeness (QED) is 0.498. The molecule has 8 nitrogen and oxygen atoms in total. The summed E-state index contributed by atoms with van der Waals surface area (Å²) in [7, 11) is 0. The number of ether oxygens (including phenoxy) is 1. The van der Waals surface area contributed by atoms with E-state index in [4.69, 9.17) is 14.9 Å². The van der Waals surface area contributed by atoms with Crippen molar-refractivity contribution in [1.29, 1.82) is 0 Å². The van der Waals surface area contributed by atoms with Crippen LogP contribution in [-0.2, 0) is 9.53 Å². The molecule has 0 bridgehead atoms.